The van der Waals surface area contributed by atoms with Gasteiger partial charge in [0.2, 0.25) is 0 Å². The zero-order chi connectivity index (χ0) is 28.7. The molecule has 200 valence electrons. The highest BCUT2D eigenvalue weighted by molar-refractivity contribution is 5.84. The summed E-state index contributed by atoms with van der Waals surface area (Å²) in [5, 5.41) is 20.7. The molecule has 0 aliphatic rings. The average Bonchev–Trinajstić information content (AvgIpc) is 3.33. The van der Waals surface area contributed by atoms with Crippen molar-refractivity contribution in [1.82, 2.24) is 14.4 Å². The van der Waals surface area contributed by atoms with E-state index < -0.39 is 0 Å². The molecule has 1 N–H and O–H groups in total. The summed E-state index contributed by atoms with van der Waals surface area (Å²) in [4.78, 5) is 9.79. The van der Waals surface area contributed by atoms with Crippen molar-refractivity contribution >= 4 is 5.65 Å². The molecular formula is C36H30N4O. The van der Waals surface area contributed by atoms with Gasteiger partial charge in [-0.3, -0.25) is 4.98 Å². The van der Waals surface area contributed by atoms with Gasteiger partial charge in [-0.25, -0.2) is 4.98 Å². The van der Waals surface area contributed by atoms with Crippen LogP contribution in [0.1, 0.15) is 37.6 Å². The molecule has 0 amide bonds. The minimum Gasteiger partial charge on any atom is -0.507 e. The number of rotatable bonds is 4. The molecule has 3 heterocycles. The number of aromatic hydroxyl groups is 1. The molecule has 0 spiro atoms. The summed E-state index contributed by atoms with van der Waals surface area (Å²) >= 11 is 0. The van der Waals surface area contributed by atoms with Crippen molar-refractivity contribution in [2.75, 3.05) is 0 Å². The van der Waals surface area contributed by atoms with E-state index in [1.54, 1.807) is 12.3 Å². The van der Waals surface area contributed by atoms with Crippen LogP contribution in [0.3, 0.4) is 0 Å². The summed E-state index contributed by atoms with van der Waals surface area (Å²) < 4.78 is 2.07. The van der Waals surface area contributed by atoms with E-state index in [1.807, 2.05) is 79.9 Å². The molecule has 0 saturated heterocycles. The Balaban J connectivity index is 1.44. The van der Waals surface area contributed by atoms with Crippen molar-refractivity contribution in [3.8, 4) is 56.6 Å². The van der Waals surface area contributed by atoms with Crippen LogP contribution in [0, 0.1) is 18.3 Å². The van der Waals surface area contributed by atoms with Crippen molar-refractivity contribution in [1.29, 1.82) is 5.26 Å². The van der Waals surface area contributed by atoms with Gasteiger partial charge in [0.05, 0.1) is 23.0 Å². The predicted molar refractivity (Wildman–Crippen MR) is 165 cm³/mol. The molecule has 0 aliphatic carbocycles. The molecule has 3 aromatic carbocycles. The van der Waals surface area contributed by atoms with Gasteiger partial charge in [-0.15, -0.1) is 0 Å². The monoisotopic (exact) mass is 534 g/mol. The van der Waals surface area contributed by atoms with Gasteiger partial charge in [-0.1, -0.05) is 75.4 Å². The quantitative estimate of drug-likeness (QED) is 0.246. The standard InChI is InChI=1S/C36H30N4O/c1-23-34(30-20-28(36(2,3)4)15-16-33(30)41)39-35-29(14-9-17-40(23)35)25-12-8-13-26(18-25)32-19-27(21-37)31(22-38-32)24-10-6-5-7-11-24/h5-20,22,41H,1-4H3. The van der Waals surface area contributed by atoms with Crippen LogP contribution in [-0.2, 0) is 5.41 Å². The Labute approximate surface area is 240 Å². The maximum Gasteiger partial charge on any atom is 0.145 e. The predicted octanol–water partition coefficient (Wildman–Crippen LogP) is 8.58. The maximum absolute atomic E-state index is 10.8. The van der Waals surface area contributed by atoms with Gasteiger partial charge >= 0.3 is 0 Å². The molecule has 6 aromatic rings. The first-order chi connectivity index (χ1) is 19.7. The number of aryl methyl sites for hydroxylation is 1. The fraction of sp³-hybridized carbons (Fsp3) is 0.139. The van der Waals surface area contributed by atoms with Crippen LogP contribution < -0.4 is 0 Å². The summed E-state index contributed by atoms with van der Waals surface area (Å²) in [6.45, 7) is 8.51. The molecule has 0 bridgehead atoms. The van der Waals surface area contributed by atoms with Crippen LogP contribution in [0.15, 0.2) is 103 Å². The lowest BCUT2D eigenvalue weighted by Crippen LogP contribution is -2.10. The van der Waals surface area contributed by atoms with E-state index in [9.17, 15) is 10.4 Å². The number of pyridine rings is 2. The van der Waals surface area contributed by atoms with E-state index in [4.69, 9.17) is 9.97 Å². The van der Waals surface area contributed by atoms with Gasteiger partial charge in [0.1, 0.15) is 11.4 Å². The highest BCUT2D eigenvalue weighted by atomic mass is 16.3. The van der Waals surface area contributed by atoms with Crippen molar-refractivity contribution in [2.45, 2.75) is 33.1 Å². The molecule has 0 aliphatic heterocycles. The van der Waals surface area contributed by atoms with E-state index in [-0.39, 0.29) is 11.2 Å². The number of nitriles is 1. The van der Waals surface area contributed by atoms with Gasteiger partial charge in [0, 0.05) is 40.3 Å². The van der Waals surface area contributed by atoms with Crippen molar-refractivity contribution in [3.05, 3.63) is 120 Å². The first-order valence-corrected chi connectivity index (χ1v) is 13.6. The second kappa shape index (κ2) is 10.1. The highest BCUT2D eigenvalue weighted by Gasteiger charge is 2.21. The summed E-state index contributed by atoms with van der Waals surface area (Å²) in [5.74, 6) is 0.214. The summed E-state index contributed by atoms with van der Waals surface area (Å²) in [6, 6.07) is 32.0. The molecule has 6 rings (SSSR count). The third-order valence-electron chi connectivity index (χ3n) is 7.59. The zero-order valence-electron chi connectivity index (χ0n) is 23.6. The molecule has 41 heavy (non-hydrogen) atoms. The number of hydrogen-bond acceptors (Lipinski definition) is 4. The zero-order valence-corrected chi connectivity index (χ0v) is 23.6. The first kappa shape index (κ1) is 26.0. The number of imidazole rings is 1. The second-order valence-corrected chi connectivity index (χ2v) is 11.3. The Morgan fingerprint density at radius 3 is 2.29 bits per heavy atom. The van der Waals surface area contributed by atoms with Crippen molar-refractivity contribution in [2.24, 2.45) is 0 Å². The molecule has 3 aromatic heterocycles. The van der Waals surface area contributed by atoms with E-state index in [0.717, 1.165) is 61.7 Å². The van der Waals surface area contributed by atoms with Gasteiger partial charge in [-0.05, 0) is 65.4 Å². The molecular weight excluding hydrogens is 504 g/mol. The lowest BCUT2D eigenvalue weighted by atomic mass is 9.85. The first-order valence-electron chi connectivity index (χ1n) is 13.6. The number of phenolic OH excluding ortho intramolecular Hbond substituents is 1. The Kier molecular flexibility index (Phi) is 6.40. The molecule has 5 heteroatoms. The van der Waals surface area contributed by atoms with Crippen LogP contribution in [0.5, 0.6) is 5.75 Å². The van der Waals surface area contributed by atoms with Crippen molar-refractivity contribution in [3.63, 3.8) is 0 Å². The number of phenols is 1. The van der Waals surface area contributed by atoms with Crippen LogP contribution in [0.2, 0.25) is 0 Å². The molecule has 0 fully saturated rings. The SMILES string of the molecule is Cc1c(-c2cc(C(C)(C)C)ccc2O)nc2c(-c3cccc(-c4cc(C#N)c(-c5ccccc5)cn4)c3)cccn12. The number of hydrogen-bond donors (Lipinski definition) is 1. The van der Waals surface area contributed by atoms with Gasteiger partial charge in [-0.2, -0.15) is 5.26 Å². The smallest absolute Gasteiger partial charge is 0.145 e. The number of aromatic nitrogens is 3. The maximum atomic E-state index is 10.8. The third kappa shape index (κ3) is 4.74. The lowest BCUT2D eigenvalue weighted by Gasteiger charge is -2.20. The van der Waals surface area contributed by atoms with E-state index in [2.05, 4.69) is 49.4 Å². The lowest BCUT2D eigenvalue weighted by molar-refractivity contribution is 0.476. The minimum atomic E-state index is -0.0557. The largest absolute Gasteiger partial charge is 0.507 e. The van der Waals surface area contributed by atoms with E-state index in [1.165, 1.54) is 0 Å². The van der Waals surface area contributed by atoms with Crippen molar-refractivity contribution < 1.29 is 5.11 Å². The Hall–Kier alpha value is -5.21. The molecule has 0 atom stereocenters. The Morgan fingerprint density at radius 1 is 0.780 bits per heavy atom. The minimum absolute atomic E-state index is 0.0557. The fourth-order valence-electron chi connectivity index (χ4n) is 5.26. The fourth-order valence-corrected chi connectivity index (χ4v) is 5.26. The Morgan fingerprint density at radius 2 is 1.54 bits per heavy atom. The van der Waals surface area contributed by atoms with Crippen LogP contribution in [0.25, 0.3) is 50.4 Å². The number of benzene rings is 3. The third-order valence-corrected chi connectivity index (χ3v) is 7.59. The molecule has 5 nitrogen and oxygen atoms in total. The van der Waals surface area contributed by atoms with Crippen LogP contribution >= 0.6 is 0 Å². The van der Waals surface area contributed by atoms with Crippen LogP contribution in [-0.4, -0.2) is 19.5 Å². The summed E-state index contributed by atoms with van der Waals surface area (Å²) in [6.07, 6.45) is 3.78. The highest BCUT2D eigenvalue weighted by Crippen LogP contribution is 2.37. The van der Waals surface area contributed by atoms with Gasteiger partial charge in [0.25, 0.3) is 0 Å². The number of nitrogens with zero attached hydrogens (tertiary/aromatic N) is 4. The number of fused-ring (bicyclic) bond motifs is 1. The van der Waals surface area contributed by atoms with Crippen LogP contribution in [0.4, 0.5) is 0 Å². The molecule has 0 saturated carbocycles. The molecule has 0 radical (unpaired) electrons. The second-order valence-electron chi connectivity index (χ2n) is 11.3. The average molecular weight is 535 g/mol. The summed E-state index contributed by atoms with van der Waals surface area (Å²) in [7, 11) is 0. The normalized spacial score (nSPS) is 11.5. The van der Waals surface area contributed by atoms with Gasteiger partial charge in [0.15, 0.2) is 0 Å². The molecule has 0 unspecified atom stereocenters. The van der Waals surface area contributed by atoms with E-state index in [0.29, 0.717) is 5.56 Å². The van der Waals surface area contributed by atoms with Gasteiger partial charge < -0.3 is 9.51 Å². The Bertz CT molecular complexity index is 1960. The summed E-state index contributed by atoms with van der Waals surface area (Å²) in [5.41, 5.74) is 10.3. The topological polar surface area (TPSA) is 74.2 Å². The van der Waals surface area contributed by atoms with E-state index >= 15 is 0 Å².